The molecule has 9 aromatic rings. The maximum atomic E-state index is 14.9. The Bertz CT molecular complexity index is 4260. The van der Waals surface area contributed by atoms with E-state index < -0.39 is 97.6 Å². The van der Waals surface area contributed by atoms with Crippen molar-refractivity contribution in [1.82, 2.24) is 39.5 Å². The minimum absolute atomic E-state index is 0. The van der Waals surface area contributed by atoms with Gasteiger partial charge in [0.2, 0.25) is 25.1 Å². The van der Waals surface area contributed by atoms with Crippen molar-refractivity contribution < 1.29 is 181 Å². The third-order valence-electron chi connectivity index (χ3n) is 15.1. The summed E-state index contributed by atoms with van der Waals surface area (Å²) in [5, 5.41) is 39.1. The Labute approximate surface area is 740 Å². The van der Waals surface area contributed by atoms with E-state index in [-0.39, 0.29) is 132 Å². The summed E-state index contributed by atoms with van der Waals surface area (Å²) in [7, 11) is 0. The summed E-state index contributed by atoms with van der Waals surface area (Å²) < 4.78 is 127. The maximum Gasteiger partial charge on any atom is 1.00 e. The van der Waals surface area contributed by atoms with Crippen LogP contribution in [0.25, 0.3) is 0 Å². The molecule has 0 bridgehead atoms. The average molecular weight is 1890 g/mol. The van der Waals surface area contributed by atoms with Crippen LogP contribution in [0.3, 0.4) is 0 Å². The number of aromatic nitrogens is 10. The molecule has 0 saturated carbocycles. The first-order valence-corrected chi connectivity index (χ1v) is 38.2. The molecule has 0 aliphatic heterocycles. The van der Waals surface area contributed by atoms with E-state index in [1.54, 1.807) is 20.8 Å². The van der Waals surface area contributed by atoms with Gasteiger partial charge >= 0.3 is 50.9 Å². The Morgan fingerprint density at radius 1 is 0.526 bits per heavy atom. The van der Waals surface area contributed by atoms with E-state index in [2.05, 4.69) is 59.6 Å². The minimum atomic E-state index is -2.10. The van der Waals surface area contributed by atoms with Crippen molar-refractivity contribution in [3.05, 3.63) is 252 Å². The fourth-order valence-electron chi connectivity index (χ4n) is 9.65. The van der Waals surface area contributed by atoms with Crippen LogP contribution in [0, 0.1) is 34.9 Å². The zero-order valence-corrected chi connectivity index (χ0v) is 73.7. The molecule has 0 radical (unpaired) electrons. The number of ether oxygens (including phenoxy) is 7. The molecule has 4 heterocycles. The third kappa shape index (κ3) is 38.4. The van der Waals surface area contributed by atoms with Gasteiger partial charge in [0, 0.05) is 93.8 Å². The predicted octanol–water partition coefficient (Wildman–Crippen LogP) is 2.88. The molecule has 0 aliphatic rings. The minimum Gasteiger partial charge on any atom is -1.00 e. The molecule has 3 N–H and O–H groups in total. The van der Waals surface area contributed by atoms with E-state index in [9.17, 15) is 55.7 Å². The van der Waals surface area contributed by atoms with Crippen molar-refractivity contribution in [3.63, 3.8) is 0 Å². The van der Waals surface area contributed by atoms with Crippen molar-refractivity contribution in [1.29, 1.82) is 0 Å². The molecule has 24 nitrogen and oxygen atoms in total. The van der Waals surface area contributed by atoms with Crippen LogP contribution < -0.4 is 87.5 Å². The zero-order chi connectivity index (χ0) is 80.6. The number of nitrogens with zero attached hydrogens (tertiary/aromatic N) is 10. The van der Waals surface area contributed by atoms with Gasteiger partial charge in [-0.25, -0.2) is 65.5 Å². The van der Waals surface area contributed by atoms with Gasteiger partial charge in [-0.1, -0.05) is 140 Å². The number of aliphatic hydroxyl groups is 3. The molecular formula is C73H83Cl5F6IN10NaO14S4. The predicted molar refractivity (Wildman–Crippen MR) is 405 cm³/mol. The number of aliphatic hydroxyl groups excluding tert-OH is 1. The van der Waals surface area contributed by atoms with E-state index in [1.165, 1.54) is 70.1 Å². The third-order valence-corrected chi connectivity index (χ3v) is 17.7. The van der Waals surface area contributed by atoms with E-state index in [4.69, 9.17) is 68.3 Å². The molecule has 0 saturated heterocycles. The second-order valence-corrected chi connectivity index (χ2v) is 28.3. The number of alkyl halides is 2. The fourth-order valence-corrected chi connectivity index (χ4v) is 11.8. The Morgan fingerprint density at radius 3 is 1.19 bits per heavy atom. The van der Waals surface area contributed by atoms with E-state index in [1.807, 2.05) is 78.9 Å². The van der Waals surface area contributed by atoms with Crippen LogP contribution in [-0.2, 0) is 77.3 Å². The molecule has 9 rings (SSSR count). The zero-order valence-electron chi connectivity index (χ0n) is 62.4. The molecule has 4 aromatic heterocycles. The van der Waals surface area contributed by atoms with Crippen LogP contribution in [0.2, 0.25) is 0 Å². The summed E-state index contributed by atoms with van der Waals surface area (Å²) in [6.07, 6.45) is 8.07. The standard InChI is InChI=1S/C28H29F3N5O4S.C21H23F3N5O4S.C12H15ClO3S.C9H12OS.C3H4Cl2O2.2ClH.HI.Na/c1-19(26-25(31)13-32-16-33-26)28(38,23-9-8-22(29)12-24(23)30)15-36-18-35(17-34-36)20(2)40-27(37)41-11-10-39-14-21-6-4-3-5-7-21;1-13(19-18(24)8-25-10-26-19)21(32,16-4-3-15(22)7-17(16)23)9-29-12-28(11-27-29)14(2)33-20(31)34-6-5-30;1-10(13)16-12(14)17-8-7-15-9-11-5-3-2-4-6-11;11-7-6-10-8-9-4-2-1-3-5-9;1-2(4)7-3(5)6;;;;/h3-9,12-13,16-20,38H,10-11,14-15H2,1-2H3;3-4,7-8,10-14,30,32H,5-6,9H2,1-2H3;2-6,10H,7-9H2,1H3;1-5,11H,6-8H2;2H,1H3;3*1H;/q2*+1;;;;;;;+1/p-3/t19-,20?,28+;13-,14?,21+;;;;;;;/m00......./s1. The molecule has 4 unspecified atom stereocenters. The van der Waals surface area contributed by atoms with E-state index >= 15 is 0 Å². The molecule has 0 amide bonds. The molecule has 5 aromatic carbocycles. The van der Waals surface area contributed by atoms with Gasteiger partial charge in [-0.15, -0.1) is 9.36 Å². The average Bonchev–Trinajstić information content (AvgIpc) is 1.08. The number of carbonyl (C=O) groups excluding carboxylic acids is 4. The van der Waals surface area contributed by atoms with Crippen molar-refractivity contribution in [2.24, 2.45) is 0 Å². The number of hydrogen-bond acceptors (Lipinski definition) is 24. The summed E-state index contributed by atoms with van der Waals surface area (Å²) in [6.45, 7) is 11.6. The molecule has 618 valence electrons. The van der Waals surface area contributed by atoms with Gasteiger partial charge in [-0.05, 0) is 78.0 Å². The molecule has 0 fully saturated rings. The first-order valence-electron chi connectivity index (χ1n) is 33.4. The molecular weight excluding hydrogens is 1810 g/mol. The van der Waals surface area contributed by atoms with Gasteiger partial charge in [0.1, 0.15) is 60.2 Å². The van der Waals surface area contributed by atoms with Gasteiger partial charge in [0.05, 0.1) is 70.0 Å². The number of carbonyl (C=O) groups is 4. The smallest absolute Gasteiger partial charge is 1.00 e. The monoisotopic (exact) mass is 1890 g/mol. The number of hydrogen-bond donors (Lipinski definition) is 4. The molecule has 8 atom stereocenters. The number of thiol groups is 1. The van der Waals surface area contributed by atoms with E-state index in [0.29, 0.717) is 56.7 Å². The molecule has 0 spiro atoms. The molecule has 114 heavy (non-hydrogen) atoms. The summed E-state index contributed by atoms with van der Waals surface area (Å²) in [4.78, 5) is 59.9. The van der Waals surface area contributed by atoms with Gasteiger partial charge in [0.25, 0.3) is 12.7 Å². The van der Waals surface area contributed by atoms with Crippen molar-refractivity contribution >= 4 is 104 Å². The van der Waals surface area contributed by atoms with Crippen molar-refractivity contribution in [2.75, 3.05) is 49.4 Å². The second-order valence-electron chi connectivity index (χ2n) is 23.2. The van der Waals surface area contributed by atoms with Crippen molar-refractivity contribution in [2.45, 2.75) is 121 Å². The van der Waals surface area contributed by atoms with Gasteiger partial charge in [-0.2, -0.15) is 21.8 Å². The van der Waals surface area contributed by atoms with Gasteiger partial charge in [-0.3, -0.25) is 0 Å². The molecule has 0 aliphatic carbocycles. The Hall–Kier alpha value is -5.66. The van der Waals surface area contributed by atoms with Crippen molar-refractivity contribution in [3.8, 4) is 0 Å². The van der Waals surface area contributed by atoms with Crippen LogP contribution in [0.1, 0.15) is 105 Å². The van der Waals surface area contributed by atoms with Crippen LogP contribution in [0.4, 0.5) is 45.5 Å². The number of thioether (sulfide) groups is 3. The number of rotatable bonds is 32. The maximum absolute atomic E-state index is 14.9. The second kappa shape index (κ2) is 57.5. The Morgan fingerprint density at radius 2 is 0.877 bits per heavy atom. The first-order chi connectivity index (χ1) is 52.6. The largest absolute Gasteiger partial charge is 1.00 e. The quantitative estimate of drug-likeness (QED) is 0.00450. The Balaban J connectivity index is 0.000000793. The van der Waals surface area contributed by atoms with E-state index in [0.717, 1.165) is 108 Å². The normalized spacial score (nSPS) is 13.1. The summed E-state index contributed by atoms with van der Waals surface area (Å²) in [6, 6.07) is 35.1. The van der Waals surface area contributed by atoms with Crippen LogP contribution in [0.15, 0.2) is 178 Å². The van der Waals surface area contributed by atoms with Gasteiger partial charge in [0.15, 0.2) is 22.8 Å². The Kier molecular flexibility index (Phi) is 53.6. The van der Waals surface area contributed by atoms with Gasteiger partial charge < -0.3 is 97.3 Å². The summed E-state index contributed by atoms with van der Waals surface area (Å²) >= 11 is 22.3. The van der Waals surface area contributed by atoms with Crippen LogP contribution in [0.5, 0.6) is 0 Å². The molecule has 41 heteroatoms. The number of benzene rings is 5. The topological polar surface area (TPSA) is 289 Å². The first kappa shape index (κ1) is 106. The summed E-state index contributed by atoms with van der Waals surface area (Å²) in [5.41, 5.74) is -3.79. The number of halogens is 12. The fraction of sp³-hybridized carbons (Fsp3) is 0.370. The van der Waals surface area contributed by atoms with Crippen LogP contribution >= 0.6 is 82.7 Å². The van der Waals surface area contributed by atoms with Crippen LogP contribution in [-0.4, -0.2) is 137 Å². The summed E-state index contributed by atoms with van der Waals surface area (Å²) in [5.74, 6) is -5.56. The SMILES string of the molecule is CC(Cl)OC(=O)Cl.CC(Cl)OC(=O)SCCOCc1ccccc1.CC(OC(=O)SCCO)[n+]1cnn(C[C@](O)(c2ccc(F)cc2F)[C@@H](C)c2ncncc2F)c1.CC(OC(=O)SCCOCc1ccccc1)[n+]1cnn(C[C@](O)(c2ccc(F)cc2F)[C@@H](C)c2ncncc2F)c1.SCCOCc1ccccc1.[Cl-].[Cl-].[I-].[Na+].